The molecule has 5 heteroatoms. The van der Waals surface area contributed by atoms with Gasteiger partial charge in [0.2, 0.25) is 5.88 Å². The van der Waals surface area contributed by atoms with Gasteiger partial charge in [0.25, 0.3) is 0 Å². The number of H-pyrrole nitrogens is 1. The number of hydrogen-bond acceptors (Lipinski definition) is 4. The fourth-order valence-corrected chi connectivity index (χ4v) is 4.10. The van der Waals surface area contributed by atoms with E-state index in [-0.39, 0.29) is 11.4 Å². The van der Waals surface area contributed by atoms with Gasteiger partial charge in [0.15, 0.2) is 0 Å². The highest BCUT2D eigenvalue weighted by molar-refractivity contribution is 6.03. The maximum atomic E-state index is 10.2. The first-order valence-corrected chi connectivity index (χ1v) is 9.73. The van der Waals surface area contributed by atoms with Gasteiger partial charge in [-0.15, -0.1) is 0 Å². The molecule has 0 spiro atoms. The number of fused-ring (bicyclic) bond motifs is 2. The van der Waals surface area contributed by atoms with Gasteiger partial charge in [0, 0.05) is 28.2 Å². The molecule has 0 bridgehead atoms. The smallest absolute Gasteiger partial charge is 0.232 e. The first-order chi connectivity index (χ1) is 15.3. The molecule has 5 aromatic rings. The minimum Gasteiger partial charge on any atom is -0.480 e. The lowest BCUT2D eigenvalue weighted by Gasteiger charge is -2.15. The molecule has 0 aliphatic heterocycles. The zero-order valence-electron chi connectivity index (χ0n) is 16.7. The normalized spacial score (nSPS) is 10.7. The molecule has 5 rings (SSSR count). The molecule has 2 aromatic heterocycles. The highest BCUT2D eigenvalue weighted by atomic mass is 16.5. The van der Waals surface area contributed by atoms with Crippen LogP contribution in [0.25, 0.3) is 44.1 Å². The molecule has 1 N–H and O–H groups in total. The third kappa shape index (κ3) is 2.80. The highest BCUT2D eigenvalue weighted by Gasteiger charge is 2.25. The third-order valence-electron chi connectivity index (χ3n) is 5.48. The topological polar surface area (TPSA) is 85.5 Å². The van der Waals surface area contributed by atoms with Crippen LogP contribution >= 0.6 is 0 Å². The Hall–Kier alpha value is -4.61. The lowest BCUT2D eigenvalue weighted by atomic mass is 9.90. The second-order valence-corrected chi connectivity index (χ2v) is 7.09. The summed E-state index contributed by atoms with van der Waals surface area (Å²) >= 11 is 0. The lowest BCUT2D eigenvalue weighted by molar-refractivity contribution is 0.397. The number of nitrogens with zero attached hydrogens (tertiary/aromatic N) is 3. The highest BCUT2D eigenvalue weighted by Crippen LogP contribution is 2.41. The lowest BCUT2D eigenvalue weighted by Crippen LogP contribution is -2.02. The van der Waals surface area contributed by atoms with Crippen LogP contribution in [0.2, 0.25) is 0 Å². The van der Waals surface area contributed by atoms with Crippen molar-refractivity contribution in [3.05, 3.63) is 84.1 Å². The summed E-state index contributed by atoms with van der Waals surface area (Å²) in [7, 11) is 1.49. The maximum Gasteiger partial charge on any atom is 0.232 e. The summed E-state index contributed by atoms with van der Waals surface area (Å²) in [5.41, 5.74) is 4.15. The molecule has 0 fully saturated rings. The predicted molar refractivity (Wildman–Crippen MR) is 120 cm³/mol. The van der Waals surface area contributed by atoms with Crippen LogP contribution < -0.4 is 4.74 Å². The van der Waals surface area contributed by atoms with E-state index in [1.165, 1.54) is 7.11 Å². The Kier molecular flexibility index (Phi) is 4.36. The summed E-state index contributed by atoms with van der Waals surface area (Å²) in [6, 6.07) is 26.2. The number of rotatable bonds is 3. The minimum absolute atomic E-state index is 0.199. The summed E-state index contributed by atoms with van der Waals surface area (Å²) in [6.45, 7) is 0. The Balaban J connectivity index is 1.94. The number of nitriles is 2. The van der Waals surface area contributed by atoms with Crippen molar-refractivity contribution >= 4 is 21.7 Å². The average molecular weight is 400 g/mol. The van der Waals surface area contributed by atoms with Crippen molar-refractivity contribution in [3.63, 3.8) is 0 Å². The van der Waals surface area contributed by atoms with Gasteiger partial charge in [-0.25, -0.2) is 4.98 Å². The van der Waals surface area contributed by atoms with E-state index in [0.29, 0.717) is 16.8 Å². The molecule has 0 saturated carbocycles. The van der Waals surface area contributed by atoms with E-state index < -0.39 is 0 Å². The van der Waals surface area contributed by atoms with E-state index in [2.05, 4.69) is 22.1 Å². The molecule has 146 valence electrons. The van der Waals surface area contributed by atoms with Crippen LogP contribution in [0.5, 0.6) is 5.88 Å². The Morgan fingerprint density at radius 1 is 0.806 bits per heavy atom. The number of methoxy groups -OCH3 is 1. The van der Waals surface area contributed by atoms with Crippen LogP contribution in [0.4, 0.5) is 0 Å². The Morgan fingerprint density at radius 2 is 1.52 bits per heavy atom. The molecule has 0 atom stereocenters. The molecule has 0 radical (unpaired) electrons. The van der Waals surface area contributed by atoms with Crippen LogP contribution in [-0.4, -0.2) is 17.1 Å². The van der Waals surface area contributed by atoms with Gasteiger partial charge in [-0.1, -0.05) is 60.7 Å². The largest absolute Gasteiger partial charge is 0.480 e. The van der Waals surface area contributed by atoms with E-state index in [1.54, 1.807) is 0 Å². The molecule has 0 aliphatic rings. The van der Waals surface area contributed by atoms with Crippen LogP contribution in [0.15, 0.2) is 72.9 Å². The summed E-state index contributed by atoms with van der Waals surface area (Å²) < 4.78 is 5.51. The van der Waals surface area contributed by atoms with Crippen LogP contribution in [-0.2, 0) is 0 Å². The molecule has 5 nitrogen and oxygen atoms in total. The summed E-state index contributed by atoms with van der Waals surface area (Å²) in [5, 5.41) is 23.2. The molecule has 0 aliphatic carbocycles. The molecule has 2 heterocycles. The van der Waals surface area contributed by atoms with Crippen molar-refractivity contribution in [2.75, 3.05) is 7.11 Å². The van der Waals surface area contributed by atoms with Gasteiger partial charge in [-0.3, -0.25) is 0 Å². The molecule has 0 saturated heterocycles. The number of para-hydroxylation sites is 1. The fourth-order valence-electron chi connectivity index (χ4n) is 4.10. The zero-order valence-corrected chi connectivity index (χ0v) is 16.7. The average Bonchev–Trinajstić information content (AvgIpc) is 3.26. The maximum absolute atomic E-state index is 10.2. The first-order valence-electron chi connectivity index (χ1n) is 9.73. The van der Waals surface area contributed by atoms with Crippen molar-refractivity contribution in [1.82, 2.24) is 9.97 Å². The molecule has 0 unspecified atom stereocenters. The molecular weight excluding hydrogens is 384 g/mol. The first kappa shape index (κ1) is 18.4. The van der Waals surface area contributed by atoms with Gasteiger partial charge in [0.1, 0.15) is 17.7 Å². The SMILES string of the molecule is COc1nc(-c2c[nH]c3ccccc23)c(C#N)c(-c2cccc3ccccc23)c1C#N. The monoisotopic (exact) mass is 400 g/mol. The van der Waals surface area contributed by atoms with Gasteiger partial charge < -0.3 is 9.72 Å². The zero-order chi connectivity index (χ0) is 21.4. The minimum atomic E-state index is 0.199. The number of aromatic amines is 1. The van der Waals surface area contributed by atoms with Crippen LogP contribution in [0.3, 0.4) is 0 Å². The van der Waals surface area contributed by atoms with Crippen LogP contribution in [0, 0.1) is 22.7 Å². The number of benzene rings is 3. The molecule has 31 heavy (non-hydrogen) atoms. The van der Waals surface area contributed by atoms with E-state index in [4.69, 9.17) is 4.74 Å². The Morgan fingerprint density at radius 3 is 2.29 bits per heavy atom. The Labute approximate surface area is 178 Å². The summed E-state index contributed by atoms with van der Waals surface area (Å²) in [4.78, 5) is 7.84. The standard InChI is InChI=1S/C26H16N4O/c1-31-26-21(14-28)24(19-11-6-8-16-7-2-3-9-17(16)19)20(13-27)25(30-26)22-15-29-23-12-5-4-10-18(22)23/h2-12,15,29H,1H3. The van der Waals surface area contributed by atoms with E-state index in [0.717, 1.165) is 32.8 Å². The van der Waals surface area contributed by atoms with Crippen molar-refractivity contribution in [1.29, 1.82) is 10.5 Å². The van der Waals surface area contributed by atoms with Gasteiger partial charge >= 0.3 is 0 Å². The number of nitrogens with one attached hydrogen (secondary N) is 1. The number of hydrogen-bond donors (Lipinski definition) is 1. The second-order valence-electron chi connectivity index (χ2n) is 7.09. The molecule has 0 amide bonds. The number of ether oxygens (including phenoxy) is 1. The van der Waals surface area contributed by atoms with E-state index in [9.17, 15) is 10.5 Å². The third-order valence-corrected chi connectivity index (χ3v) is 5.48. The predicted octanol–water partition coefficient (Wildman–Crippen LogP) is 5.80. The summed E-state index contributed by atoms with van der Waals surface area (Å²) in [6.07, 6.45) is 1.84. The Bertz CT molecular complexity index is 1540. The van der Waals surface area contributed by atoms with E-state index >= 15 is 0 Å². The van der Waals surface area contributed by atoms with Gasteiger partial charge in [0.05, 0.1) is 18.4 Å². The second kappa shape index (κ2) is 7.33. The fraction of sp³-hybridized carbons (Fsp3) is 0.0385. The van der Waals surface area contributed by atoms with Gasteiger partial charge in [-0.2, -0.15) is 10.5 Å². The van der Waals surface area contributed by atoms with Crippen molar-refractivity contribution < 1.29 is 4.74 Å². The van der Waals surface area contributed by atoms with Gasteiger partial charge in [-0.05, 0) is 22.4 Å². The van der Waals surface area contributed by atoms with Crippen molar-refractivity contribution in [2.24, 2.45) is 0 Å². The van der Waals surface area contributed by atoms with E-state index in [1.807, 2.05) is 72.9 Å². The summed E-state index contributed by atoms with van der Waals surface area (Å²) in [5.74, 6) is 0.199. The molecule has 3 aromatic carbocycles. The van der Waals surface area contributed by atoms with Crippen molar-refractivity contribution in [3.8, 4) is 40.4 Å². The van der Waals surface area contributed by atoms with Crippen LogP contribution in [0.1, 0.15) is 11.1 Å². The number of aromatic nitrogens is 2. The quantitative estimate of drug-likeness (QED) is 0.415. The molecular formula is C26H16N4O. The van der Waals surface area contributed by atoms with Crippen molar-refractivity contribution in [2.45, 2.75) is 0 Å². The number of pyridine rings is 1.